The summed E-state index contributed by atoms with van der Waals surface area (Å²) in [5.74, 6) is -0.812. The number of hydrogen-bond acceptors (Lipinski definition) is 5. The SMILES string of the molecule is CC(C)(C)OC(=O)C[C@@H]1NOC1=O.O.[HH]. The van der Waals surface area contributed by atoms with Crippen molar-refractivity contribution in [2.75, 3.05) is 0 Å². The van der Waals surface area contributed by atoms with Crippen molar-refractivity contribution in [1.29, 1.82) is 0 Å². The Morgan fingerprint density at radius 2 is 2.21 bits per heavy atom. The molecule has 1 fully saturated rings. The van der Waals surface area contributed by atoms with Gasteiger partial charge in [-0.05, 0) is 20.8 Å². The Labute approximate surface area is 83.3 Å². The van der Waals surface area contributed by atoms with Crippen LogP contribution in [-0.4, -0.2) is 29.1 Å². The number of ether oxygens (including phenoxy) is 1. The van der Waals surface area contributed by atoms with Crippen LogP contribution in [0.4, 0.5) is 0 Å². The third-order valence-corrected chi connectivity index (χ3v) is 1.38. The number of carbonyl (C=O) groups excluding carboxylic acids is 2. The van der Waals surface area contributed by atoms with Crippen LogP contribution in [0.3, 0.4) is 0 Å². The molecule has 0 spiro atoms. The number of carbonyl (C=O) groups is 2. The maximum absolute atomic E-state index is 11.1. The van der Waals surface area contributed by atoms with Gasteiger partial charge in [-0.25, -0.2) is 4.79 Å². The Bertz CT molecular complexity index is 238. The zero-order valence-corrected chi connectivity index (χ0v) is 8.42. The second kappa shape index (κ2) is 4.39. The lowest BCUT2D eigenvalue weighted by molar-refractivity contribution is -0.185. The number of hydroxylamine groups is 1. The minimum absolute atomic E-state index is 0. The first-order valence-corrected chi connectivity index (χ1v) is 4.06. The topological polar surface area (TPSA) is 96.1 Å². The molecule has 0 bridgehead atoms. The fourth-order valence-electron chi connectivity index (χ4n) is 0.865. The van der Waals surface area contributed by atoms with Crippen LogP contribution in [0.25, 0.3) is 0 Å². The van der Waals surface area contributed by atoms with E-state index in [0.29, 0.717) is 0 Å². The zero-order valence-electron chi connectivity index (χ0n) is 8.42. The van der Waals surface area contributed by atoms with E-state index in [1.165, 1.54) is 0 Å². The fraction of sp³-hybridized carbons (Fsp3) is 0.750. The van der Waals surface area contributed by atoms with Gasteiger partial charge in [0.15, 0.2) is 6.04 Å². The highest BCUT2D eigenvalue weighted by molar-refractivity contribution is 5.85. The average molecular weight is 207 g/mol. The predicted octanol–water partition coefficient (Wildman–Crippen LogP) is -0.431. The molecule has 0 aromatic carbocycles. The Balaban J connectivity index is 0. The van der Waals surface area contributed by atoms with Gasteiger partial charge in [-0.3, -0.25) is 4.79 Å². The summed E-state index contributed by atoms with van der Waals surface area (Å²) < 4.78 is 5.01. The lowest BCUT2D eigenvalue weighted by atomic mass is 10.1. The van der Waals surface area contributed by atoms with Gasteiger partial charge in [0, 0.05) is 1.43 Å². The lowest BCUT2D eigenvalue weighted by Crippen LogP contribution is -2.52. The summed E-state index contributed by atoms with van der Waals surface area (Å²) in [5.41, 5.74) is 1.85. The Morgan fingerprint density at radius 1 is 1.64 bits per heavy atom. The van der Waals surface area contributed by atoms with Crippen molar-refractivity contribution in [2.24, 2.45) is 0 Å². The Morgan fingerprint density at radius 3 is 2.50 bits per heavy atom. The number of rotatable bonds is 2. The van der Waals surface area contributed by atoms with E-state index >= 15 is 0 Å². The molecule has 1 rings (SSSR count). The van der Waals surface area contributed by atoms with Crippen molar-refractivity contribution in [3.05, 3.63) is 0 Å². The number of nitrogens with one attached hydrogen (secondary N) is 1. The van der Waals surface area contributed by atoms with Crippen molar-refractivity contribution < 1.29 is 26.1 Å². The van der Waals surface area contributed by atoms with E-state index in [1.54, 1.807) is 20.8 Å². The Kier molecular flexibility index (Phi) is 4.03. The maximum Gasteiger partial charge on any atom is 0.345 e. The van der Waals surface area contributed by atoms with Crippen LogP contribution in [0.2, 0.25) is 0 Å². The summed E-state index contributed by atoms with van der Waals surface area (Å²) in [4.78, 5) is 26.1. The molecule has 1 aliphatic heterocycles. The van der Waals surface area contributed by atoms with Gasteiger partial charge in [-0.1, -0.05) is 0 Å². The second-order valence-corrected chi connectivity index (χ2v) is 3.88. The highest BCUT2D eigenvalue weighted by Crippen LogP contribution is 2.11. The lowest BCUT2D eigenvalue weighted by Gasteiger charge is -2.26. The summed E-state index contributed by atoms with van der Waals surface area (Å²) in [7, 11) is 0. The highest BCUT2D eigenvalue weighted by Gasteiger charge is 2.34. The fourth-order valence-corrected chi connectivity index (χ4v) is 0.865. The van der Waals surface area contributed by atoms with E-state index in [2.05, 4.69) is 10.3 Å². The van der Waals surface area contributed by atoms with Crippen molar-refractivity contribution >= 4 is 11.9 Å². The van der Waals surface area contributed by atoms with E-state index in [1.807, 2.05) is 0 Å². The van der Waals surface area contributed by atoms with Crippen LogP contribution in [0, 0.1) is 0 Å². The van der Waals surface area contributed by atoms with Gasteiger partial charge in [0.1, 0.15) is 5.60 Å². The molecular formula is C8H17NO5. The van der Waals surface area contributed by atoms with E-state index in [9.17, 15) is 9.59 Å². The van der Waals surface area contributed by atoms with Gasteiger partial charge >= 0.3 is 11.9 Å². The number of hydrogen-bond donors (Lipinski definition) is 1. The zero-order chi connectivity index (χ0) is 10.1. The molecule has 0 amide bonds. The summed E-state index contributed by atoms with van der Waals surface area (Å²) >= 11 is 0. The van der Waals surface area contributed by atoms with Crippen LogP contribution < -0.4 is 5.48 Å². The van der Waals surface area contributed by atoms with Crippen LogP contribution >= 0.6 is 0 Å². The van der Waals surface area contributed by atoms with Crippen LogP contribution in [0.5, 0.6) is 0 Å². The molecule has 0 aliphatic carbocycles. The monoisotopic (exact) mass is 207 g/mol. The molecule has 1 saturated heterocycles. The van der Waals surface area contributed by atoms with E-state index in [-0.39, 0.29) is 13.3 Å². The molecule has 84 valence electrons. The third kappa shape index (κ3) is 3.71. The second-order valence-electron chi connectivity index (χ2n) is 3.88. The first kappa shape index (κ1) is 12.9. The van der Waals surface area contributed by atoms with Gasteiger partial charge in [0.2, 0.25) is 0 Å². The molecule has 0 radical (unpaired) electrons. The molecule has 1 atom stereocenters. The smallest absolute Gasteiger partial charge is 0.345 e. The average Bonchev–Trinajstić information content (AvgIpc) is 1.94. The summed E-state index contributed by atoms with van der Waals surface area (Å²) in [6, 6.07) is -0.533. The quantitative estimate of drug-likeness (QED) is 0.620. The van der Waals surface area contributed by atoms with Gasteiger partial charge < -0.3 is 15.1 Å². The first-order valence-electron chi connectivity index (χ1n) is 4.06. The van der Waals surface area contributed by atoms with Crippen LogP contribution in [0.15, 0.2) is 0 Å². The molecule has 6 nitrogen and oxygen atoms in total. The maximum atomic E-state index is 11.1. The predicted molar refractivity (Wildman–Crippen MR) is 49.2 cm³/mol. The molecule has 1 heterocycles. The molecule has 0 aromatic rings. The van der Waals surface area contributed by atoms with Crippen LogP contribution in [-0.2, 0) is 19.2 Å². The third-order valence-electron chi connectivity index (χ3n) is 1.38. The van der Waals surface area contributed by atoms with Crippen LogP contribution in [0.1, 0.15) is 28.6 Å². The van der Waals surface area contributed by atoms with Gasteiger partial charge in [0.25, 0.3) is 0 Å². The molecule has 0 saturated carbocycles. The van der Waals surface area contributed by atoms with Gasteiger partial charge in [0.05, 0.1) is 6.42 Å². The van der Waals surface area contributed by atoms with Crippen molar-refractivity contribution in [3.8, 4) is 0 Å². The molecule has 0 unspecified atom stereocenters. The standard InChI is InChI=1S/C8H13NO4.H2O.H2/c1-8(2,3)12-6(10)4-5-7(11)13-9-5;;/h5,9H,4H2,1-3H3;1H2;1H/t5-;;/m0../s1. The largest absolute Gasteiger partial charge is 0.460 e. The van der Waals surface area contributed by atoms with E-state index in [4.69, 9.17) is 4.74 Å². The van der Waals surface area contributed by atoms with E-state index in [0.717, 1.165) is 0 Å². The molecule has 0 aromatic heterocycles. The Hall–Kier alpha value is -1.14. The number of esters is 1. The minimum Gasteiger partial charge on any atom is -0.460 e. The molecule has 14 heavy (non-hydrogen) atoms. The van der Waals surface area contributed by atoms with Crippen molar-refractivity contribution in [2.45, 2.75) is 38.8 Å². The van der Waals surface area contributed by atoms with Gasteiger partial charge in [-0.15, -0.1) is 5.48 Å². The molecule has 3 N–H and O–H groups in total. The highest BCUT2D eigenvalue weighted by atomic mass is 16.7. The molecule has 1 aliphatic rings. The van der Waals surface area contributed by atoms with Gasteiger partial charge in [-0.2, -0.15) is 0 Å². The summed E-state index contributed by atoms with van der Waals surface area (Å²) in [6.07, 6.45) is 0.0239. The van der Waals surface area contributed by atoms with Crippen molar-refractivity contribution in [3.63, 3.8) is 0 Å². The summed E-state index contributed by atoms with van der Waals surface area (Å²) in [6.45, 7) is 5.33. The summed E-state index contributed by atoms with van der Waals surface area (Å²) in [5, 5.41) is 0. The normalized spacial score (nSPS) is 20.2. The minimum atomic E-state index is -0.533. The first-order chi connectivity index (χ1) is 5.88. The molecule has 6 heteroatoms. The van der Waals surface area contributed by atoms with E-state index < -0.39 is 23.6 Å². The van der Waals surface area contributed by atoms with Crippen molar-refractivity contribution in [1.82, 2.24) is 5.48 Å². The molecular weight excluding hydrogens is 190 g/mol.